The molecule has 29 atom stereocenters. The van der Waals surface area contributed by atoms with Gasteiger partial charge in [0.2, 0.25) is 0 Å². The van der Waals surface area contributed by atoms with Crippen LogP contribution >= 0.6 is 0 Å². The fourth-order valence-corrected chi connectivity index (χ4v) is 13.8. The zero-order chi connectivity index (χ0) is 53.2. The molecule has 0 aromatic rings. The van der Waals surface area contributed by atoms with E-state index in [1.807, 2.05) is 13.8 Å². The van der Waals surface area contributed by atoms with Crippen molar-refractivity contribution in [3.8, 4) is 0 Å². The monoisotopic (exact) mass is 1050 g/mol. The van der Waals surface area contributed by atoms with Gasteiger partial charge in [0.25, 0.3) is 0 Å². The lowest BCUT2D eigenvalue weighted by Crippen LogP contribution is -2.66. The van der Waals surface area contributed by atoms with Gasteiger partial charge in [0, 0.05) is 24.7 Å². The summed E-state index contributed by atoms with van der Waals surface area (Å²) in [5.41, 5.74) is 0.513. The second-order valence-electron chi connectivity index (χ2n) is 22.8. The minimum atomic E-state index is -1.99. The fraction of sp³-hybridized carbons (Fsp3) is 0.920. The normalized spacial score (nSPS) is 51.1. The van der Waals surface area contributed by atoms with Gasteiger partial charge in [-0.25, -0.2) is 0 Å². The van der Waals surface area contributed by atoms with Gasteiger partial charge in [-0.15, -0.1) is 0 Å². The van der Waals surface area contributed by atoms with E-state index in [9.17, 15) is 76.0 Å². The smallest absolute Gasteiger partial charge is 0.189 e. The van der Waals surface area contributed by atoms with Gasteiger partial charge >= 0.3 is 0 Å². The van der Waals surface area contributed by atoms with Gasteiger partial charge in [0.15, 0.2) is 31.5 Å². The molecular weight excluding hydrogens is 969 g/mol. The van der Waals surface area contributed by atoms with Crippen molar-refractivity contribution in [2.45, 2.75) is 222 Å². The lowest BCUT2D eigenvalue weighted by Gasteiger charge is -2.58. The predicted molar refractivity (Wildman–Crippen MR) is 245 cm³/mol. The highest BCUT2D eigenvalue weighted by Gasteiger charge is 2.63. The number of Topliss-reactive ketones (excluding diaryl/α,β-unsaturated/α-hetero) is 2. The van der Waals surface area contributed by atoms with Crippen LogP contribution in [0.1, 0.15) is 92.4 Å². The summed E-state index contributed by atoms with van der Waals surface area (Å²) >= 11 is 0. The molecule has 15 unspecified atom stereocenters. The van der Waals surface area contributed by atoms with Crippen molar-refractivity contribution in [2.24, 2.45) is 46.3 Å². The third-order valence-corrected chi connectivity index (χ3v) is 18.3. The summed E-state index contributed by atoms with van der Waals surface area (Å²) < 4.78 is 46.8. The summed E-state index contributed by atoms with van der Waals surface area (Å²) in [6, 6.07) is 0. The molecule has 0 spiro atoms. The quantitative estimate of drug-likeness (QED) is 0.0685. The lowest BCUT2D eigenvalue weighted by molar-refractivity contribution is -0.397. The van der Waals surface area contributed by atoms with Crippen LogP contribution in [0, 0.1) is 46.3 Å². The van der Waals surface area contributed by atoms with Gasteiger partial charge in [0.05, 0.1) is 32.0 Å². The molecule has 4 saturated heterocycles. The van der Waals surface area contributed by atoms with Gasteiger partial charge in [-0.3, -0.25) is 9.59 Å². The van der Waals surface area contributed by atoms with Crippen LogP contribution in [-0.2, 0) is 47.5 Å². The zero-order valence-electron chi connectivity index (χ0n) is 42.0. The van der Waals surface area contributed by atoms with E-state index in [1.54, 1.807) is 0 Å². The summed E-state index contributed by atoms with van der Waals surface area (Å²) in [5.74, 6) is -0.532. The number of ether oxygens (including phenoxy) is 8. The molecule has 8 aliphatic rings. The fourth-order valence-electron chi connectivity index (χ4n) is 13.8. The van der Waals surface area contributed by atoms with Crippen molar-refractivity contribution < 1.29 is 114 Å². The number of rotatable bonds is 16. The number of carbonyl (C=O) groups is 2. The Hall–Kier alpha value is -1.76. The maximum absolute atomic E-state index is 14.1. The SMILES string of the molecule is CC1OC(OC2C(O)[C@H](O[C@@H]3OC(O)[C@H](O)C(O)C3O)C(CO)O[C@H]2OC2CC[C@@]3(C)C(=CC[C@@H]4[C@@H]3CC[C@]3(C)C([C@H](C)C(=O)CC[C@@H](C)CO[C@@H]5OC(CO)[C@@H](O)C(O)C5O)C(=O)C[C@@H]43)C2)C(O)C(O)[C@H]1O. The van der Waals surface area contributed by atoms with Gasteiger partial charge in [-0.2, -0.15) is 0 Å². The molecule has 4 aliphatic carbocycles. The molecule has 0 aromatic carbocycles. The molecule has 0 radical (unpaired) electrons. The number of aliphatic hydroxyl groups excluding tert-OH is 13. The minimum Gasteiger partial charge on any atom is -0.394 e. The number of hydrogen-bond acceptors (Lipinski definition) is 23. The molecule has 23 nitrogen and oxygen atoms in total. The molecule has 13 N–H and O–H groups in total. The molecule has 7 fully saturated rings. The van der Waals surface area contributed by atoms with Crippen molar-refractivity contribution in [1.29, 1.82) is 0 Å². The number of allylic oxidation sites excluding steroid dienone is 1. The lowest BCUT2D eigenvalue weighted by atomic mass is 9.47. The average Bonchev–Trinajstić information content (AvgIpc) is 3.64. The standard InChI is InChI=1S/C50H80O23/c1-19(18-66-45-38(61)35(58)33(56)29(16-51)69-45)6-9-27(53)20(2)31-28(54)15-26-24-8-7-22-14-23(10-12-49(22,4)25(24)11-13-50(26,31)5)68-48-43(72-46-39(62)34(57)32(55)21(3)67-46)41(64)42(30(17-52)70-48)71-47-40(63)36(59)37(60)44(65)73-47/h7,19-21,23-26,29-48,51-52,55-65H,6,8-18H2,1-5H3/t19-,20-,21?,23?,24-,25+,26+,29?,30?,31?,32+,33-,34?,35?,36?,37-,38?,39?,40?,41?,42-,43?,44?,45-,46?,47-,48-,49+,50+/m1/s1. The molecule has 73 heavy (non-hydrogen) atoms. The Morgan fingerprint density at radius 1 is 0.671 bits per heavy atom. The molecule has 23 heteroatoms. The maximum Gasteiger partial charge on any atom is 0.189 e. The van der Waals surface area contributed by atoms with Gasteiger partial charge in [-0.1, -0.05) is 39.3 Å². The van der Waals surface area contributed by atoms with E-state index in [2.05, 4.69) is 19.9 Å². The van der Waals surface area contributed by atoms with E-state index in [0.717, 1.165) is 18.4 Å². The summed E-state index contributed by atoms with van der Waals surface area (Å²) in [7, 11) is 0. The van der Waals surface area contributed by atoms with E-state index >= 15 is 0 Å². The minimum absolute atomic E-state index is 0.0144. The van der Waals surface area contributed by atoms with E-state index < -0.39 is 160 Å². The predicted octanol–water partition coefficient (Wildman–Crippen LogP) is -3.00. The first-order chi connectivity index (χ1) is 34.4. The Balaban J connectivity index is 0.916. The van der Waals surface area contributed by atoms with E-state index in [4.69, 9.17) is 37.9 Å². The Bertz CT molecular complexity index is 1930. The van der Waals surface area contributed by atoms with Crippen LogP contribution in [0.4, 0.5) is 0 Å². The molecule has 4 aliphatic heterocycles. The average molecular weight is 1050 g/mol. The molecule has 4 heterocycles. The third kappa shape index (κ3) is 10.9. The van der Waals surface area contributed by atoms with Crippen molar-refractivity contribution in [3.63, 3.8) is 0 Å². The number of aliphatic hydroxyl groups is 13. The van der Waals surface area contributed by atoms with Crippen molar-refractivity contribution in [1.82, 2.24) is 0 Å². The van der Waals surface area contributed by atoms with Crippen LogP contribution in [0.3, 0.4) is 0 Å². The summed E-state index contributed by atoms with van der Waals surface area (Å²) in [4.78, 5) is 28.0. The molecule has 8 rings (SSSR count). The number of ketones is 2. The molecule has 0 aromatic heterocycles. The first-order valence-corrected chi connectivity index (χ1v) is 26.1. The van der Waals surface area contributed by atoms with Crippen molar-refractivity contribution >= 4 is 11.6 Å². The topological polar surface area (TPSA) is 371 Å². The van der Waals surface area contributed by atoms with E-state index in [-0.39, 0.29) is 53.7 Å². The third-order valence-electron chi connectivity index (χ3n) is 18.3. The molecular formula is C50H80O23. The maximum atomic E-state index is 14.1. The van der Waals surface area contributed by atoms with Crippen molar-refractivity contribution in [3.05, 3.63) is 11.6 Å². The number of carbonyl (C=O) groups excluding carboxylic acids is 2. The molecule has 418 valence electrons. The van der Waals surface area contributed by atoms with Crippen LogP contribution in [0.25, 0.3) is 0 Å². The molecule has 3 saturated carbocycles. The summed E-state index contributed by atoms with van der Waals surface area (Å²) in [6.07, 6.45) is -25.2. The highest BCUT2D eigenvalue weighted by Crippen LogP contribution is 2.66. The van der Waals surface area contributed by atoms with E-state index in [0.29, 0.717) is 38.5 Å². The zero-order valence-corrected chi connectivity index (χ0v) is 42.0. The van der Waals surface area contributed by atoms with Gasteiger partial charge in [-0.05, 0) is 86.4 Å². The first kappa shape index (κ1) is 57.4. The first-order valence-electron chi connectivity index (χ1n) is 26.1. The summed E-state index contributed by atoms with van der Waals surface area (Å²) in [6.45, 7) is 8.34. The summed E-state index contributed by atoms with van der Waals surface area (Å²) in [5, 5.41) is 136. The van der Waals surface area contributed by atoms with Gasteiger partial charge in [0.1, 0.15) is 97.0 Å². The molecule has 0 bridgehead atoms. The van der Waals surface area contributed by atoms with Crippen LogP contribution in [0.15, 0.2) is 11.6 Å². The highest BCUT2D eigenvalue weighted by atomic mass is 16.8. The van der Waals surface area contributed by atoms with Crippen LogP contribution in [0.5, 0.6) is 0 Å². The Morgan fingerprint density at radius 3 is 1.97 bits per heavy atom. The van der Waals surface area contributed by atoms with Crippen LogP contribution in [0.2, 0.25) is 0 Å². The molecule has 0 amide bonds. The van der Waals surface area contributed by atoms with Crippen LogP contribution in [-0.4, -0.2) is 227 Å². The second-order valence-corrected chi connectivity index (χ2v) is 22.8. The Morgan fingerprint density at radius 2 is 1.29 bits per heavy atom. The van der Waals surface area contributed by atoms with Crippen molar-refractivity contribution in [2.75, 3.05) is 19.8 Å². The van der Waals surface area contributed by atoms with Gasteiger partial charge < -0.3 is 104 Å². The largest absolute Gasteiger partial charge is 0.394 e. The number of fused-ring (bicyclic) bond motifs is 5. The highest BCUT2D eigenvalue weighted by molar-refractivity contribution is 5.92. The second kappa shape index (κ2) is 22.9. The van der Waals surface area contributed by atoms with E-state index in [1.165, 1.54) is 6.92 Å². The Kier molecular flexibility index (Phi) is 18.0. The Labute approximate surface area is 423 Å². The number of hydrogen-bond donors (Lipinski definition) is 13. The van der Waals surface area contributed by atoms with Crippen LogP contribution < -0.4 is 0 Å².